The molecule has 1 fully saturated rings. The minimum absolute atomic E-state index is 0.324. The molecule has 0 aliphatic carbocycles. The lowest BCUT2D eigenvalue weighted by Crippen LogP contribution is -2.38. The number of likely N-dealkylation sites (tertiary alicyclic amines) is 1. The number of nitrogens with zero attached hydrogens (tertiary/aromatic N) is 2. The van der Waals surface area contributed by atoms with Gasteiger partial charge in [0.15, 0.2) is 0 Å². The van der Waals surface area contributed by atoms with Gasteiger partial charge in [-0.2, -0.15) is 0 Å². The number of hydrogen-bond donors (Lipinski definition) is 0. The summed E-state index contributed by atoms with van der Waals surface area (Å²) >= 11 is 6.22. The monoisotopic (exact) mass is 438 g/mol. The Kier molecular flexibility index (Phi) is 5.80. The predicted molar refractivity (Wildman–Crippen MR) is 123 cm³/mol. The van der Waals surface area contributed by atoms with E-state index in [0.29, 0.717) is 33.6 Å². The molecule has 0 spiro atoms. The van der Waals surface area contributed by atoms with E-state index in [1.807, 2.05) is 32.0 Å². The van der Waals surface area contributed by atoms with Gasteiger partial charge in [-0.25, -0.2) is 4.90 Å². The van der Waals surface area contributed by atoms with Crippen LogP contribution in [0.2, 0.25) is 5.02 Å². The second-order valence-corrected chi connectivity index (χ2v) is 8.91. The number of halogens is 1. The van der Waals surface area contributed by atoms with Crippen LogP contribution in [-0.4, -0.2) is 36.9 Å². The van der Waals surface area contributed by atoms with Gasteiger partial charge in [0.1, 0.15) is 11.4 Å². The summed E-state index contributed by atoms with van der Waals surface area (Å²) in [5, 5.41) is 0.435. The van der Waals surface area contributed by atoms with Crippen molar-refractivity contribution in [2.75, 3.05) is 25.1 Å². The molecule has 2 aromatic carbocycles. The molecule has 31 heavy (non-hydrogen) atoms. The van der Waals surface area contributed by atoms with Crippen molar-refractivity contribution < 1.29 is 14.3 Å². The molecule has 0 radical (unpaired) electrons. The Bertz CT molecular complexity index is 1080. The number of imide groups is 1. The quantitative estimate of drug-likeness (QED) is 0.631. The lowest BCUT2D eigenvalue weighted by molar-refractivity contribution is -0.120. The summed E-state index contributed by atoms with van der Waals surface area (Å²) in [6, 6.07) is 10.9. The molecule has 2 heterocycles. The summed E-state index contributed by atoms with van der Waals surface area (Å²) in [6.45, 7) is 7.73. The third-order valence-electron chi connectivity index (χ3n) is 6.19. The molecule has 1 saturated heterocycles. The fourth-order valence-electron chi connectivity index (χ4n) is 4.44. The number of carbonyl (C=O) groups excluding carboxylic acids is 2. The predicted octanol–water partition coefficient (Wildman–Crippen LogP) is 4.98. The summed E-state index contributed by atoms with van der Waals surface area (Å²) in [4.78, 5) is 30.8. The molecule has 2 aliphatic rings. The first-order valence-electron chi connectivity index (χ1n) is 10.6. The third-order valence-corrected chi connectivity index (χ3v) is 6.43. The Morgan fingerprint density at radius 2 is 1.71 bits per heavy atom. The normalized spacial score (nSPS) is 17.7. The highest BCUT2D eigenvalue weighted by atomic mass is 35.5. The smallest absolute Gasteiger partial charge is 0.282 e. The molecule has 6 heteroatoms. The van der Waals surface area contributed by atoms with E-state index < -0.39 is 0 Å². The number of carbonyl (C=O) groups is 2. The molecule has 2 aromatic rings. The summed E-state index contributed by atoms with van der Waals surface area (Å²) in [6.07, 6.45) is 1.98. The average molecular weight is 439 g/mol. The largest absolute Gasteiger partial charge is 0.495 e. The highest BCUT2D eigenvalue weighted by Gasteiger charge is 2.44. The van der Waals surface area contributed by atoms with Gasteiger partial charge in [-0.3, -0.25) is 9.59 Å². The number of hydrogen-bond acceptors (Lipinski definition) is 4. The zero-order chi connectivity index (χ0) is 22.3. The van der Waals surface area contributed by atoms with Gasteiger partial charge >= 0.3 is 0 Å². The molecule has 0 unspecified atom stereocenters. The molecule has 2 aliphatic heterocycles. The molecular weight excluding hydrogens is 412 g/mol. The maximum atomic E-state index is 13.8. The lowest BCUT2D eigenvalue weighted by Gasteiger charge is -2.33. The number of benzene rings is 2. The Morgan fingerprint density at radius 3 is 2.35 bits per heavy atom. The number of anilines is 1. The van der Waals surface area contributed by atoms with E-state index in [1.165, 1.54) is 12.0 Å². The Balaban J connectivity index is 1.88. The summed E-state index contributed by atoms with van der Waals surface area (Å²) in [5.41, 5.74) is 4.18. The van der Waals surface area contributed by atoms with Gasteiger partial charge in [-0.15, -0.1) is 0 Å². The second kappa shape index (κ2) is 8.39. The number of aryl methyl sites for hydroxylation is 2. The fourth-order valence-corrected chi connectivity index (χ4v) is 4.60. The molecule has 5 nitrogen and oxygen atoms in total. The number of amides is 2. The van der Waals surface area contributed by atoms with E-state index in [2.05, 4.69) is 11.8 Å². The lowest BCUT2D eigenvalue weighted by atomic mass is 9.95. The van der Waals surface area contributed by atoms with Crippen LogP contribution in [0, 0.1) is 19.8 Å². The molecule has 0 atom stereocenters. The fraction of sp³-hybridized carbons (Fsp3) is 0.360. The SMILES string of the molecule is COc1ccc(Cl)cc1N1C(=O)C(c2ccc(C)cc2C)=C(N2CCC(C)CC2)C1=O. The van der Waals surface area contributed by atoms with Gasteiger partial charge in [0, 0.05) is 18.1 Å². The van der Waals surface area contributed by atoms with Gasteiger partial charge in [0.25, 0.3) is 11.8 Å². The third kappa shape index (κ3) is 3.83. The zero-order valence-electron chi connectivity index (χ0n) is 18.4. The Morgan fingerprint density at radius 1 is 1.00 bits per heavy atom. The van der Waals surface area contributed by atoms with Crippen molar-refractivity contribution >= 4 is 34.7 Å². The van der Waals surface area contributed by atoms with Crippen LogP contribution in [0.5, 0.6) is 5.75 Å². The highest BCUT2D eigenvalue weighted by molar-refractivity contribution is 6.46. The molecular formula is C25H27ClN2O3. The first-order chi connectivity index (χ1) is 14.8. The van der Waals surface area contributed by atoms with Gasteiger partial charge in [-0.1, -0.05) is 42.3 Å². The van der Waals surface area contributed by atoms with E-state index in [9.17, 15) is 9.59 Å². The van der Waals surface area contributed by atoms with Crippen LogP contribution in [0.3, 0.4) is 0 Å². The van der Waals surface area contributed by atoms with Crippen molar-refractivity contribution in [1.29, 1.82) is 0 Å². The van der Waals surface area contributed by atoms with Crippen molar-refractivity contribution in [1.82, 2.24) is 4.90 Å². The molecule has 0 N–H and O–H groups in total. The highest BCUT2D eigenvalue weighted by Crippen LogP contribution is 2.41. The van der Waals surface area contributed by atoms with Gasteiger partial charge in [0.2, 0.25) is 0 Å². The summed E-state index contributed by atoms with van der Waals surface area (Å²) < 4.78 is 5.45. The van der Waals surface area contributed by atoms with E-state index in [1.54, 1.807) is 18.2 Å². The van der Waals surface area contributed by atoms with Crippen LogP contribution in [0.15, 0.2) is 42.1 Å². The van der Waals surface area contributed by atoms with Crippen molar-refractivity contribution in [3.05, 3.63) is 63.8 Å². The van der Waals surface area contributed by atoms with Crippen molar-refractivity contribution in [3.63, 3.8) is 0 Å². The average Bonchev–Trinajstić information content (AvgIpc) is 2.98. The van der Waals surface area contributed by atoms with Crippen LogP contribution in [0.4, 0.5) is 5.69 Å². The van der Waals surface area contributed by atoms with Crippen molar-refractivity contribution in [2.45, 2.75) is 33.6 Å². The Labute approximate surface area is 188 Å². The second-order valence-electron chi connectivity index (χ2n) is 8.47. The standard InChI is InChI=1S/C25H27ClN2O3/c1-15-9-11-27(12-10-15)23-22(19-7-5-16(2)13-17(19)3)24(29)28(25(23)30)20-14-18(26)6-8-21(20)31-4/h5-8,13-15H,9-12H2,1-4H3. The maximum Gasteiger partial charge on any atom is 0.282 e. The minimum Gasteiger partial charge on any atom is -0.495 e. The summed E-state index contributed by atoms with van der Waals surface area (Å²) in [5.74, 6) is 0.374. The molecule has 2 amide bonds. The topological polar surface area (TPSA) is 49.9 Å². The van der Waals surface area contributed by atoms with Crippen LogP contribution >= 0.6 is 11.6 Å². The number of methoxy groups -OCH3 is 1. The van der Waals surface area contributed by atoms with E-state index >= 15 is 0 Å². The van der Waals surface area contributed by atoms with Crippen LogP contribution in [-0.2, 0) is 9.59 Å². The number of rotatable bonds is 4. The van der Waals surface area contributed by atoms with Gasteiger partial charge in [-0.05, 0) is 61.9 Å². The van der Waals surface area contributed by atoms with E-state index in [0.717, 1.165) is 42.6 Å². The molecule has 162 valence electrons. The molecule has 0 aromatic heterocycles. The van der Waals surface area contributed by atoms with Crippen molar-refractivity contribution in [2.24, 2.45) is 5.92 Å². The first kappa shape index (κ1) is 21.4. The zero-order valence-corrected chi connectivity index (χ0v) is 19.1. The van der Waals surface area contributed by atoms with Crippen LogP contribution < -0.4 is 9.64 Å². The number of piperidine rings is 1. The van der Waals surface area contributed by atoms with Crippen LogP contribution in [0.25, 0.3) is 5.57 Å². The van der Waals surface area contributed by atoms with E-state index in [4.69, 9.17) is 16.3 Å². The van der Waals surface area contributed by atoms with Gasteiger partial charge < -0.3 is 9.64 Å². The molecule has 0 bridgehead atoms. The maximum absolute atomic E-state index is 13.8. The molecule has 4 rings (SSSR count). The minimum atomic E-state index is -0.342. The summed E-state index contributed by atoms with van der Waals surface area (Å²) in [7, 11) is 1.52. The Hall–Kier alpha value is -2.79. The molecule has 0 saturated carbocycles. The first-order valence-corrected chi connectivity index (χ1v) is 11.0. The van der Waals surface area contributed by atoms with Crippen LogP contribution in [0.1, 0.15) is 36.5 Å². The van der Waals surface area contributed by atoms with Crippen molar-refractivity contribution in [3.8, 4) is 5.75 Å². The van der Waals surface area contributed by atoms with E-state index in [-0.39, 0.29) is 11.8 Å². The number of ether oxygens (including phenoxy) is 1. The van der Waals surface area contributed by atoms with Gasteiger partial charge in [0.05, 0.1) is 18.4 Å².